The standard InChI is InChI=1S/C28H29N3O6S2/c1-6-8-13-36-19-11-9-10-18(14-19)21-20(22(32)24-15(3)29-17(5)38-24)23(33)26(34)31(21)28-30-16(4)25(39-28)27(35)37-12-7-2/h7,9-11,14,21,33H,2,6,8,12-13H2,1,3-5H3. The lowest BCUT2D eigenvalue weighted by Gasteiger charge is -2.25. The summed E-state index contributed by atoms with van der Waals surface area (Å²) in [7, 11) is 0. The van der Waals surface area contributed by atoms with Gasteiger partial charge in [-0.15, -0.1) is 11.3 Å². The second kappa shape index (κ2) is 11.9. The minimum Gasteiger partial charge on any atom is -0.503 e. The molecule has 1 aliphatic rings. The lowest BCUT2D eigenvalue weighted by atomic mass is 9.95. The highest BCUT2D eigenvalue weighted by Gasteiger charge is 2.47. The van der Waals surface area contributed by atoms with Crippen molar-refractivity contribution in [3.63, 3.8) is 0 Å². The van der Waals surface area contributed by atoms with E-state index < -0.39 is 29.5 Å². The average molecular weight is 568 g/mol. The van der Waals surface area contributed by atoms with E-state index in [4.69, 9.17) is 9.47 Å². The SMILES string of the molecule is C=CCOC(=O)c1sc(N2C(=O)C(O)=C(C(=O)c3sc(C)nc3C)C2c2cccc(OCCCC)c2)nc1C. The molecule has 1 unspecified atom stereocenters. The van der Waals surface area contributed by atoms with Crippen LogP contribution in [0.15, 0.2) is 48.3 Å². The highest BCUT2D eigenvalue weighted by atomic mass is 32.1. The number of aryl methyl sites for hydroxylation is 3. The van der Waals surface area contributed by atoms with Crippen molar-refractivity contribution in [2.75, 3.05) is 18.1 Å². The van der Waals surface area contributed by atoms with Crippen LogP contribution >= 0.6 is 22.7 Å². The fourth-order valence-electron chi connectivity index (χ4n) is 4.20. The zero-order chi connectivity index (χ0) is 28.3. The molecule has 1 aliphatic heterocycles. The van der Waals surface area contributed by atoms with Gasteiger partial charge < -0.3 is 14.6 Å². The number of carbonyl (C=O) groups is 3. The Bertz CT molecular complexity index is 1470. The third-order valence-electron chi connectivity index (χ3n) is 6.01. The predicted octanol–water partition coefficient (Wildman–Crippen LogP) is 5.83. The van der Waals surface area contributed by atoms with Crippen molar-refractivity contribution < 1.29 is 29.0 Å². The van der Waals surface area contributed by atoms with Gasteiger partial charge >= 0.3 is 5.97 Å². The summed E-state index contributed by atoms with van der Waals surface area (Å²) in [5, 5.41) is 11.9. The van der Waals surface area contributed by atoms with Gasteiger partial charge in [-0.1, -0.05) is 49.5 Å². The molecule has 4 rings (SSSR count). The fraction of sp³-hybridized carbons (Fsp3) is 0.321. The van der Waals surface area contributed by atoms with Crippen LogP contribution in [0.1, 0.15) is 67.1 Å². The first kappa shape index (κ1) is 28.2. The van der Waals surface area contributed by atoms with E-state index in [1.165, 1.54) is 22.3 Å². The van der Waals surface area contributed by atoms with Crippen LogP contribution in [0.4, 0.5) is 5.13 Å². The molecule has 0 fully saturated rings. The summed E-state index contributed by atoms with van der Waals surface area (Å²) in [6, 6.07) is 6.06. The second-order valence-electron chi connectivity index (χ2n) is 8.89. The normalized spacial score (nSPS) is 15.1. The van der Waals surface area contributed by atoms with Crippen LogP contribution < -0.4 is 9.64 Å². The molecule has 0 radical (unpaired) electrons. The maximum Gasteiger partial charge on any atom is 0.350 e. The number of ether oxygens (including phenoxy) is 2. The molecule has 9 nitrogen and oxygen atoms in total. The van der Waals surface area contributed by atoms with Crippen molar-refractivity contribution in [1.82, 2.24) is 9.97 Å². The van der Waals surface area contributed by atoms with E-state index in [1.807, 2.05) is 0 Å². The number of rotatable bonds is 11. The van der Waals surface area contributed by atoms with Crippen LogP contribution in [0, 0.1) is 20.8 Å². The number of anilines is 1. The maximum absolute atomic E-state index is 13.8. The van der Waals surface area contributed by atoms with E-state index in [0.29, 0.717) is 39.2 Å². The molecule has 2 aromatic heterocycles. The van der Waals surface area contributed by atoms with Crippen LogP contribution in [0.25, 0.3) is 0 Å². The van der Waals surface area contributed by atoms with E-state index in [-0.39, 0.29) is 22.2 Å². The van der Waals surface area contributed by atoms with Gasteiger partial charge in [-0.25, -0.2) is 14.8 Å². The lowest BCUT2D eigenvalue weighted by molar-refractivity contribution is -0.117. The number of aliphatic hydroxyl groups excluding tert-OH is 1. The minimum absolute atomic E-state index is 0.0240. The molecule has 0 bridgehead atoms. The molecule has 0 aliphatic carbocycles. The molecule has 0 spiro atoms. The lowest BCUT2D eigenvalue weighted by Crippen LogP contribution is -2.31. The van der Waals surface area contributed by atoms with E-state index in [0.717, 1.165) is 24.2 Å². The maximum atomic E-state index is 13.8. The summed E-state index contributed by atoms with van der Waals surface area (Å²) in [4.78, 5) is 50.6. The number of carbonyl (C=O) groups excluding carboxylic acids is 3. The molecule has 204 valence electrons. The fourth-order valence-corrected chi connectivity index (χ4v) is 6.06. The molecule has 0 saturated heterocycles. The molecule has 1 amide bonds. The van der Waals surface area contributed by atoms with Gasteiger partial charge in [0.25, 0.3) is 5.91 Å². The zero-order valence-corrected chi connectivity index (χ0v) is 23.8. The van der Waals surface area contributed by atoms with Gasteiger partial charge in [-0.3, -0.25) is 14.5 Å². The van der Waals surface area contributed by atoms with Crippen molar-refractivity contribution in [3.8, 4) is 5.75 Å². The number of ketones is 1. The number of amides is 1. The van der Waals surface area contributed by atoms with E-state index in [9.17, 15) is 19.5 Å². The number of aliphatic hydroxyl groups is 1. The number of benzene rings is 1. The molecule has 39 heavy (non-hydrogen) atoms. The summed E-state index contributed by atoms with van der Waals surface area (Å²) in [6.45, 7) is 11.3. The third-order valence-corrected chi connectivity index (χ3v) is 8.22. The third kappa shape index (κ3) is 5.64. The molecular weight excluding hydrogens is 538 g/mol. The van der Waals surface area contributed by atoms with Gasteiger partial charge in [0.05, 0.1) is 39.5 Å². The number of nitrogens with zero attached hydrogens (tertiary/aromatic N) is 3. The number of hydrogen-bond acceptors (Lipinski definition) is 10. The largest absolute Gasteiger partial charge is 0.503 e. The minimum atomic E-state index is -1.01. The van der Waals surface area contributed by atoms with Gasteiger partial charge in [-0.2, -0.15) is 0 Å². The second-order valence-corrected chi connectivity index (χ2v) is 11.1. The highest BCUT2D eigenvalue weighted by Crippen LogP contribution is 2.45. The first-order valence-electron chi connectivity index (χ1n) is 12.4. The number of Topliss-reactive ketones (excluding diaryl/α,β-unsaturated/α-hetero) is 1. The number of esters is 1. The number of aromatic nitrogens is 2. The molecule has 11 heteroatoms. The molecule has 1 aromatic carbocycles. The van der Waals surface area contributed by atoms with Crippen LogP contribution in [-0.2, 0) is 9.53 Å². The summed E-state index contributed by atoms with van der Waals surface area (Å²) < 4.78 is 11.0. The van der Waals surface area contributed by atoms with Crippen LogP contribution in [0.5, 0.6) is 5.75 Å². The predicted molar refractivity (Wildman–Crippen MR) is 150 cm³/mol. The van der Waals surface area contributed by atoms with Crippen molar-refractivity contribution in [2.45, 2.75) is 46.6 Å². The van der Waals surface area contributed by atoms with Crippen LogP contribution in [-0.4, -0.2) is 45.9 Å². The Morgan fingerprint density at radius 1 is 1.15 bits per heavy atom. The van der Waals surface area contributed by atoms with Gasteiger partial charge in [0.15, 0.2) is 10.9 Å². The Hall–Kier alpha value is -3.83. The Kier molecular flexibility index (Phi) is 8.61. The number of unbranched alkanes of at least 4 members (excludes halogenated alkanes) is 1. The quantitative estimate of drug-likeness (QED) is 0.133. The Morgan fingerprint density at radius 2 is 1.90 bits per heavy atom. The van der Waals surface area contributed by atoms with E-state index in [1.54, 1.807) is 45.0 Å². The van der Waals surface area contributed by atoms with Gasteiger partial charge in [-0.05, 0) is 44.9 Å². The number of hydrogen-bond donors (Lipinski definition) is 1. The summed E-state index contributed by atoms with van der Waals surface area (Å²) in [5.74, 6) is -1.99. The average Bonchev–Trinajstić information content (AvgIpc) is 3.54. The summed E-state index contributed by atoms with van der Waals surface area (Å²) in [5.41, 5.74) is 1.34. The van der Waals surface area contributed by atoms with E-state index >= 15 is 0 Å². The summed E-state index contributed by atoms with van der Waals surface area (Å²) in [6.07, 6.45) is 3.29. The highest BCUT2D eigenvalue weighted by molar-refractivity contribution is 7.17. The van der Waals surface area contributed by atoms with E-state index in [2.05, 4.69) is 23.5 Å². The molecule has 3 aromatic rings. The summed E-state index contributed by atoms with van der Waals surface area (Å²) >= 11 is 2.15. The zero-order valence-electron chi connectivity index (χ0n) is 22.1. The van der Waals surface area contributed by atoms with Crippen molar-refractivity contribution in [1.29, 1.82) is 0 Å². The first-order chi connectivity index (χ1) is 18.7. The number of thiazole rings is 2. The van der Waals surface area contributed by atoms with Gasteiger partial charge in [0.1, 0.15) is 17.2 Å². The molecule has 0 saturated carbocycles. The van der Waals surface area contributed by atoms with Crippen molar-refractivity contribution in [3.05, 3.63) is 80.0 Å². The van der Waals surface area contributed by atoms with Gasteiger partial charge in [0.2, 0.25) is 5.78 Å². The van der Waals surface area contributed by atoms with Crippen LogP contribution in [0.3, 0.4) is 0 Å². The van der Waals surface area contributed by atoms with Crippen molar-refractivity contribution >= 4 is 45.5 Å². The first-order valence-corrected chi connectivity index (χ1v) is 14.0. The molecule has 3 heterocycles. The van der Waals surface area contributed by atoms with Crippen molar-refractivity contribution in [2.24, 2.45) is 0 Å². The molecule has 1 N–H and O–H groups in total. The van der Waals surface area contributed by atoms with Gasteiger partial charge in [0, 0.05) is 0 Å². The Labute approximate surface area is 234 Å². The monoisotopic (exact) mass is 567 g/mol. The smallest absolute Gasteiger partial charge is 0.350 e. The topological polar surface area (TPSA) is 119 Å². The molecule has 1 atom stereocenters. The van der Waals surface area contributed by atoms with Crippen LogP contribution in [0.2, 0.25) is 0 Å². The molecular formula is C28H29N3O6S2. The Balaban J connectivity index is 1.82. The Morgan fingerprint density at radius 3 is 2.56 bits per heavy atom.